The summed E-state index contributed by atoms with van der Waals surface area (Å²) >= 11 is 0. The predicted molar refractivity (Wildman–Crippen MR) is 93.1 cm³/mol. The number of fused-ring (bicyclic) bond motifs is 1. The minimum Gasteiger partial charge on any atom is -0.490 e. The van der Waals surface area contributed by atoms with Gasteiger partial charge in [-0.3, -0.25) is 0 Å². The summed E-state index contributed by atoms with van der Waals surface area (Å²) in [6, 6.07) is 6.41. The topological polar surface area (TPSA) is 68.9 Å². The summed E-state index contributed by atoms with van der Waals surface area (Å²) in [6.45, 7) is 1.90. The quantitative estimate of drug-likeness (QED) is 0.634. The number of para-hydroxylation sites is 1. The fraction of sp³-hybridized carbons (Fsp3) is 0.562. The predicted octanol–water partition coefficient (Wildman–Crippen LogP) is 2.77. The maximum Gasteiger partial charge on any atom is 0.189 e. The number of rotatable bonds is 3. The second kappa shape index (κ2) is 8.27. The van der Waals surface area contributed by atoms with Crippen molar-refractivity contribution in [1.82, 2.24) is 5.32 Å². The van der Waals surface area contributed by atoms with E-state index in [1.165, 1.54) is 25.7 Å². The molecule has 0 saturated heterocycles. The van der Waals surface area contributed by atoms with Gasteiger partial charge >= 0.3 is 0 Å². The van der Waals surface area contributed by atoms with E-state index in [1.54, 1.807) is 0 Å². The molecule has 2 aliphatic rings. The molecule has 0 unspecified atom stereocenters. The van der Waals surface area contributed by atoms with Crippen molar-refractivity contribution in [3.05, 3.63) is 23.8 Å². The first-order chi connectivity index (χ1) is 10.3. The normalized spacial score (nSPS) is 18.5. The minimum atomic E-state index is 0. The summed E-state index contributed by atoms with van der Waals surface area (Å²) in [6.07, 6.45) is 5.84. The molecule has 5 nitrogen and oxygen atoms in total. The SMILES string of the molecule is Br.NC(=NCc1cccc2c1OCCCO2)NC1CCCC1. The van der Waals surface area contributed by atoms with Crippen LogP contribution < -0.4 is 20.5 Å². The Kier molecular flexibility index (Phi) is 6.36. The van der Waals surface area contributed by atoms with E-state index in [-0.39, 0.29) is 17.0 Å². The lowest BCUT2D eigenvalue weighted by Crippen LogP contribution is -2.38. The molecule has 1 saturated carbocycles. The van der Waals surface area contributed by atoms with Gasteiger partial charge in [0, 0.05) is 18.0 Å². The van der Waals surface area contributed by atoms with E-state index in [4.69, 9.17) is 15.2 Å². The van der Waals surface area contributed by atoms with Crippen molar-refractivity contribution in [2.75, 3.05) is 13.2 Å². The van der Waals surface area contributed by atoms with Crippen molar-refractivity contribution in [1.29, 1.82) is 0 Å². The third kappa shape index (κ3) is 4.29. The van der Waals surface area contributed by atoms with Crippen LogP contribution in [0, 0.1) is 0 Å². The Morgan fingerprint density at radius 2 is 1.95 bits per heavy atom. The molecule has 1 aromatic carbocycles. The minimum absolute atomic E-state index is 0. The second-order valence-corrected chi connectivity index (χ2v) is 5.62. The van der Waals surface area contributed by atoms with Crippen molar-refractivity contribution in [2.45, 2.75) is 44.7 Å². The van der Waals surface area contributed by atoms with Crippen molar-refractivity contribution < 1.29 is 9.47 Å². The number of nitrogens with two attached hydrogens (primary N) is 1. The zero-order valence-electron chi connectivity index (χ0n) is 12.7. The van der Waals surface area contributed by atoms with E-state index in [1.807, 2.05) is 18.2 Å². The van der Waals surface area contributed by atoms with E-state index in [9.17, 15) is 0 Å². The molecule has 0 radical (unpaired) electrons. The van der Waals surface area contributed by atoms with Gasteiger partial charge in [-0.15, -0.1) is 17.0 Å². The van der Waals surface area contributed by atoms with Gasteiger partial charge < -0.3 is 20.5 Å². The monoisotopic (exact) mass is 369 g/mol. The molecule has 1 aliphatic carbocycles. The van der Waals surface area contributed by atoms with Gasteiger partial charge in [0.05, 0.1) is 19.8 Å². The molecule has 6 heteroatoms. The number of benzene rings is 1. The van der Waals surface area contributed by atoms with Gasteiger partial charge in [-0.1, -0.05) is 25.0 Å². The van der Waals surface area contributed by atoms with E-state index in [0.29, 0.717) is 31.8 Å². The molecule has 1 aromatic rings. The molecule has 122 valence electrons. The van der Waals surface area contributed by atoms with Crippen molar-refractivity contribution in [3.8, 4) is 11.5 Å². The Hall–Kier alpha value is -1.43. The van der Waals surface area contributed by atoms with Gasteiger partial charge in [-0.05, 0) is 18.9 Å². The Bertz CT molecular complexity index is 516. The molecule has 0 aromatic heterocycles. The van der Waals surface area contributed by atoms with Crippen molar-refractivity contribution >= 4 is 22.9 Å². The molecular formula is C16H24BrN3O2. The number of nitrogens with zero attached hydrogens (tertiary/aromatic N) is 1. The molecule has 1 heterocycles. The van der Waals surface area contributed by atoms with Gasteiger partial charge in [0.2, 0.25) is 0 Å². The van der Waals surface area contributed by atoms with Crippen LogP contribution in [0.2, 0.25) is 0 Å². The van der Waals surface area contributed by atoms with E-state index >= 15 is 0 Å². The Morgan fingerprint density at radius 3 is 2.77 bits per heavy atom. The van der Waals surface area contributed by atoms with Gasteiger partial charge in [-0.25, -0.2) is 4.99 Å². The van der Waals surface area contributed by atoms with Crippen LogP contribution in [-0.2, 0) is 6.54 Å². The summed E-state index contributed by atoms with van der Waals surface area (Å²) in [4.78, 5) is 4.44. The van der Waals surface area contributed by atoms with Crippen molar-refractivity contribution in [2.24, 2.45) is 10.7 Å². The zero-order valence-corrected chi connectivity index (χ0v) is 14.4. The van der Waals surface area contributed by atoms with Gasteiger partial charge in [0.1, 0.15) is 0 Å². The summed E-state index contributed by atoms with van der Waals surface area (Å²) in [7, 11) is 0. The van der Waals surface area contributed by atoms with Crippen LogP contribution in [0.5, 0.6) is 11.5 Å². The smallest absolute Gasteiger partial charge is 0.189 e. The number of hydrogen-bond donors (Lipinski definition) is 2. The van der Waals surface area contributed by atoms with Crippen LogP contribution in [-0.4, -0.2) is 25.2 Å². The van der Waals surface area contributed by atoms with Gasteiger partial charge in [-0.2, -0.15) is 0 Å². The van der Waals surface area contributed by atoms with Crippen LogP contribution >= 0.6 is 17.0 Å². The van der Waals surface area contributed by atoms with Gasteiger partial charge in [0.25, 0.3) is 0 Å². The van der Waals surface area contributed by atoms with Crippen LogP contribution in [0.1, 0.15) is 37.7 Å². The molecule has 0 spiro atoms. The average molecular weight is 370 g/mol. The van der Waals surface area contributed by atoms with Crippen LogP contribution in [0.25, 0.3) is 0 Å². The van der Waals surface area contributed by atoms with E-state index < -0.39 is 0 Å². The number of halogens is 1. The summed E-state index contributed by atoms with van der Waals surface area (Å²) in [5.74, 6) is 2.14. The zero-order chi connectivity index (χ0) is 14.5. The van der Waals surface area contributed by atoms with E-state index in [0.717, 1.165) is 23.5 Å². The van der Waals surface area contributed by atoms with E-state index in [2.05, 4.69) is 10.3 Å². The maximum absolute atomic E-state index is 5.98. The van der Waals surface area contributed by atoms with Crippen molar-refractivity contribution in [3.63, 3.8) is 0 Å². The number of nitrogens with one attached hydrogen (secondary N) is 1. The third-order valence-electron chi connectivity index (χ3n) is 3.98. The summed E-state index contributed by atoms with van der Waals surface area (Å²) in [5, 5.41) is 3.30. The number of ether oxygens (including phenoxy) is 2. The molecule has 0 bridgehead atoms. The maximum atomic E-state index is 5.98. The third-order valence-corrected chi connectivity index (χ3v) is 3.98. The highest BCUT2D eigenvalue weighted by Gasteiger charge is 2.16. The number of hydrogen-bond acceptors (Lipinski definition) is 3. The molecule has 1 fully saturated rings. The molecule has 3 rings (SSSR count). The number of aliphatic imine (C=N–C) groups is 1. The largest absolute Gasteiger partial charge is 0.490 e. The Morgan fingerprint density at radius 1 is 1.18 bits per heavy atom. The summed E-state index contributed by atoms with van der Waals surface area (Å²) < 4.78 is 11.5. The molecule has 1 aliphatic heterocycles. The molecule has 22 heavy (non-hydrogen) atoms. The first-order valence-electron chi connectivity index (χ1n) is 7.77. The lowest BCUT2D eigenvalue weighted by molar-refractivity contribution is 0.296. The van der Waals surface area contributed by atoms with Gasteiger partial charge in [0.15, 0.2) is 17.5 Å². The van der Waals surface area contributed by atoms with Crippen LogP contribution in [0.4, 0.5) is 0 Å². The average Bonchev–Trinajstić information content (AvgIpc) is 2.87. The second-order valence-electron chi connectivity index (χ2n) is 5.62. The Labute approximate surface area is 142 Å². The molecule has 0 atom stereocenters. The lowest BCUT2D eigenvalue weighted by atomic mass is 10.2. The molecule has 3 N–H and O–H groups in total. The summed E-state index contributed by atoms with van der Waals surface area (Å²) in [5.41, 5.74) is 6.99. The highest BCUT2D eigenvalue weighted by molar-refractivity contribution is 8.93. The first-order valence-corrected chi connectivity index (χ1v) is 7.77. The highest BCUT2D eigenvalue weighted by atomic mass is 79.9. The Balaban J connectivity index is 0.00000176. The lowest BCUT2D eigenvalue weighted by Gasteiger charge is -2.13. The highest BCUT2D eigenvalue weighted by Crippen LogP contribution is 2.33. The fourth-order valence-corrected chi connectivity index (χ4v) is 2.87. The van der Waals surface area contributed by atoms with Crippen LogP contribution in [0.15, 0.2) is 23.2 Å². The molecular weight excluding hydrogens is 346 g/mol. The van der Waals surface area contributed by atoms with Crippen LogP contribution in [0.3, 0.4) is 0 Å². The fourth-order valence-electron chi connectivity index (χ4n) is 2.87. The first kappa shape index (κ1) is 16.9. The standard InChI is InChI=1S/C16H23N3O2.BrH/c17-16(19-13-6-1-2-7-13)18-11-12-5-3-8-14-15(12)21-10-4-9-20-14;/h3,5,8,13H,1-2,4,6-7,9-11H2,(H3,17,18,19);1H. The number of guanidine groups is 1. The molecule has 0 amide bonds.